The van der Waals surface area contributed by atoms with Crippen LogP contribution in [-0.2, 0) is 19.4 Å². The van der Waals surface area contributed by atoms with Gasteiger partial charge < -0.3 is 15.7 Å². The number of fused-ring (bicyclic) bond motifs is 8. The molecule has 0 fully saturated rings. The topological polar surface area (TPSA) is 83.4 Å². The lowest BCUT2D eigenvalue weighted by molar-refractivity contribution is 0.793. The van der Waals surface area contributed by atoms with Gasteiger partial charge in [-0.25, -0.2) is 4.98 Å². The maximum absolute atomic E-state index is 6.19. The number of hydrogen-bond acceptors (Lipinski definition) is 3. The van der Waals surface area contributed by atoms with E-state index < -0.39 is 0 Å². The highest BCUT2D eigenvalue weighted by Crippen LogP contribution is 2.31. The van der Waals surface area contributed by atoms with Gasteiger partial charge >= 0.3 is 0 Å². The Hall–Kier alpha value is -3.18. The van der Waals surface area contributed by atoms with Crippen LogP contribution in [0.25, 0.3) is 33.7 Å². The fourth-order valence-corrected chi connectivity index (χ4v) is 5.17. The van der Waals surface area contributed by atoms with E-state index in [0.29, 0.717) is 12.5 Å². The van der Waals surface area contributed by atoms with E-state index in [1.165, 1.54) is 34.2 Å². The third-order valence-electron chi connectivity index (χ3n) is 7.41. The standard InChI is InChI=1S/C28H33N5.C3H8/c1-7-19-16(4)26-12-28-20(13-29)17(5)25(33-28)10-21-14(2)8-23(30-21)18(6)24-9-15(3)22(31-24)11-27(19)32-26;1-3-2/h9-12,14,32-33H,7-8,13,29H2,1-6H3;3H2,1-2H3. The first-order chi connectivity index (χ1) is 17.2. The summed E-state index contributed by atoms with van der Waals surface area (Å²) < 4.78 is 0. The zero-order chi connectivity index (χ0) is 26.1. The van der Waals surface area contributed by atoms with E-state index in [1.807, 2.05) is 0 Å². The van der Waals surface area contributed by atoms with Gasteiger partial charge in [0, 0.05) is 45.9 Å². The SMILES string of the molecule is CCC.CCc1c(C)c2cc3[nH]c(cc4nc(c(C)c5nc(cc1[nH]2)C(C)=C5)CC4C)c(C)c3CN. The Morgan fingerprint density at radius 1 is 0.833 bits per heavy atom. The Morgan fingerprint density at radius 3 is 2.08 bits per heavy atom. The van der Waals surface area contributed by atoms with E-state index >= 15 is 0 Å². The van der Waals surface area contributed by atoms with E-state index in [-0.39, 0.29) is 0 Å². The van der Waals surface area contributed by atoms with Crippen LogP contribution in [0.15, 0.2) is 18.2 Å². The molecule has 3 aromatic heterocycles. The summed E-state index contributed by atoms with van der Waals surface area (Å²) in [5, 5.41) is 0. The summed E-state index contributed by atoms with van der Waals surface area (Å²) >= 11 is 0. The fourth-order valence-electron chi connectivity index (χ4n) is 5.17. The van der Waals surface area contributed by atoms with Crippen LogP contribution in [0.3, 0.4) is 0 Å². The highest BCUT2D eigenvalue weighted by Gasteiger charge is 2.20. The van der Waals surface area contributed by atoms with Crippen LogP contribution in [-0.4, -0.2) is 19.9 Å². The van der Waals surface area contributed by atoms with E-state index in [0.717, 1.165) is 63.2 Å². The Bertz CT molecular complexity index is 1480. The maximum Gasteiger partial charge on any atom is 0.0687 e. The molecule has 0 amide bonds. The van der Waals surface area contributed by atoms with Gasteiger partial charge in [0.05, 0.1) is 11.4 Å². The van der Waals surface area contributed by atoms with Gasteiger partial charge in [-0.1, -0.05) is 34.1 Å². The molecule has 0 spiro atoms. The average molecular weight is 484 g/mol. The lowest BCUT2D eigenvalue weighted by Gasteiger charge is -2.00. The minimum Gasteiger partial charge on any atom is -0.355 e. The number of hydrogen-bond donors (Lipinski definition) is 3. The summed E-state index contributed by atoms with van der Waals surface area (Å²) in [7, 11) is 0. The van der Waals surface area contributed by atoms with Gasteiger partial charge in [0.2, 0.25) is 0 Å². The summed E-state index contributed by atoms with van der Waals surface area (Å²) in [5.41, 5.74) is 22.2. The molecule has 1 atom stereocenters. The van der Waals surface area contributed by atoms with Gasteiger partial charge in [-0.15, -0.1) is 0 Å². The summed E-state index contributed by atoms with van der Waals surface area (Å²) in [4.78, 5) is 17.4. The summed E-state index contributed by atoms with van der Waals surface area (Å²) in [5.74, 6) is 0.365. The molecule has 5 nitrogen and oxygen atoms in total. The summed E-state index contributed by atoms with van der Waals surface area (Å²) in [6, 6.07) is 6.60. The number of nitrogens with zero attached hydrogens (tertiary/aromatic N) is 2. The van der Waals surface area contributed by atoms with Crippen LogP contribution < -0.4 is 5.73 Å². The fraction of sp³-hybridized carbons (Fsp3) is 0.419. The third kappa shape index (κ3) is 4.64. The van der Waals surface area contributed by atoms with E-state index in [1.54, 1.807) is 0 Å². The zero-order valence-electron chi connectivity index (χ0n) is 23.2. The van der Waals surface area contributed by atoms with E-state index in [2.05, 4.69) is 89.6 Å². The van der Waals surface area contributed by atoms with Gasteiger partial charge in [0.25, 0.3) is 0 Å². The van der Waals surface area contributed by atoms with Crippen LogP contribution in [0.4, 0.5) is 0 Å². The molecular formula is C31H41N5. The van der Waals surface area contributed by atoms with E-state index in [4.69, 9.17) is 15.7 Å². The van der Waals surface area contributed by atoms with Crippen molar-refractivity contribution in [3.05, 3.63) is 68.8 Å². The van der Waals surface area contributed by atoms with Crippen molar-refractivity contribution in [2.75, 3.05) is 0 Å². The van der Waals surface area contributed by atoms with Gasteiger partial charge in [-0.2, -0.15) is 0 Å². The molecule has 4 N–H and O–H groups in total. The van der Waals surface area contributed by atoms with Crippen molar-refractivity contribution in [1.82, 2.24) is 19.9 Å². The Labute approximate surface area is 215 Å². The lowest BCUT2D eigenvalue weighted by atomic mass is 10.0. The van der Waals surface area contributed by atoms with E-state index in [9.17, 15) is 0 Å². The second-order valence-corrected chi connectivity index (χ2v) is 10.2. The minimum absolute atomic E-state index is 0.365. The predicted octanol–water partition coefficient (Wildman–Crippen LogP) is 7.58. The number of nitrogens with one attached hydrogen (secondary N) is 2. The second kappa shape index (κ2) is 10.4. The molecule has 5 heterocycles. The molecule has 5 rings (SSSR count). The Morgan fingerprint density at radius 2 is 1.44 bits per heavy atom. The molecule has 3 aromatic rings. The molecular weight excluding hydrogens is 442 g/mol. The number of allylic oxidation sites excluding steroid dienone is 1. The van der Waals surface area contributed by atoms with Crippen molar-refractivity contribution in [3.63, 3.8) is 0 Å². The predicted molar refractivity (Wildman–Crippen MR) is 154 cm³/mol. The molecule has 0 aromatic carbocycles. The molecule has 0 saturated heterocycles. The molecule has 5 heteroatoms. The molecule has 0 saturated carbocycles. The highest BCUT2D eigenvalue weighted by atomic mass is 14.8. The molecule has 2 aliphatic rings. The van der Waals surface area contributed by atoms with Crippen LogP contribution in [0, 0.1) is 20.8 Å². The average Bonchev–Trinajstić information content (AvgIpc) is 3.55. The number of nitrogens with two attached hydrogens (primary N) is 1. The Kier molecular flexibility index (Phi) is 7.51. The third-order valence-corrected chi connectivity index (χ3v) is 7.41. The number of aromatic nitrogens is 4. The molecule has 190 valence electrons. The van der Waals surface area contributed by atoms with Crippen LogP contribution >= 0.6 is 0 Å². The van der Waals surface area contributed by atoms with Crippen molar-refractivity contribution in [2.24, 2.45) is 5.73 Å². The van der Waals surface area contributed by atoms with Crippen molar-refractivity contribution in [3.8, 4) is 0 Å². The smallest absolute Gasteiger partial charge is 0.0687 e. The summed E-state index contributed by atoms with van der Waals surface area (Å²) in [6.45, 7) is 17.8. The summed E-state index contributed by atoms with van der Waals surface area (Å²) in [6.07, 6.45) is 5.33. The maximum atomic E-state index is 6.19. The quantitative estimate of drug-likeness (QED) is 0.351. The molecule has 1 unspecified atom stereocenters. The first-order valence-corrected chi connectivity index (χ1v) is 13.3. The van der Waals surface area contributed by atoms with Crippen LogP contribution in [0.1, 0.15) is 97.6 Å². The minimum atomic E-state index is 0.365. The van der Waals surface area contributed by atoms with Gasteiger partial charge in [0.1, 0.15) is 0 Å². The van der Waals surface area contributed by atoms with Crippen LogP contribution in [0.5, 0.6) is 0 Å². The molecule has 2 aliphatic heterocycles. The number of H-pyrrole nitrogens is 2. The van der Waals surface area contributed by atoms with Crippen molar-refractivity contribution >= 4 is 33.7 Å². The molecule has 36 heavy (non-hydrogen) atoms. The number of rotatable bonds is 2. The van der Waals surface area contributed by atoms with Crippen molar-refractivity contribution in [2.45, 2.75) is 87.1 Å². The monoisotopic (exact) mass is 483 g/mol. The van der Waals surface area contributed by atoms with Gasteiger partial charge in [-0.3, -0.25) is 4.98 Å². The first kappa shape index (κ1) is 25.9. The number of aromatic amines is 2. The second-order valence-electron chi connectivity index (χ2n) is 10.2. The first-order valence-electron chi connectivity index (χ1n) is 13.3. The zero-order valence-corrected chi connectivity index (χ0v) is 23.2. The van der Waals surface area contributed by atoms with Gasteiger partial charge in [-0.05, 0) is 98.2 Å². The lowest BCUT2D eigenvalue weighted by Crippen LogP contribution is -1.96. The highest BCUT2D eigenvalue weighted by molar-refractivity contribution is 5.85. The largest absolute Gasteiger partial charge is 0.355 e. The van der Waals surface area contributed by atoms with Crippen molar-refractivity contribution < 1.29 is 0 Å². The van der Waals surface area contributed by atoms with Gasteiger partial charge in [0.15, 0.2) is 0 Å². The normalized spacial score (nSPS) is 14.9. The van der Waals surface area contributed by atoms with Crippen LogP contribution in [0.2, 0.25) is 0 Å². The molecule has 8 bridgehead atoms. The van der Waals surface area contributed by atoms with Crippen molar-refractivity contribution in [1.29, 1.82) is 0 Å². The number of aryl methyl sites for hydroxylation is 3. The Balaban J connectivity index is 0.000000967. The molecule has 0 radical (unpaired) electrons. The molecule has 0 aliphatic carbocycles.